The molecule has 1 unspecified atom stereocenters. The van der Waals surface area contributed by atoms with Crippen LogP contribution in [0.2, 0.25) is 0 Å². The molecule has 1 N–H and O–H groups in total. The van der Waals surface area contributed by atoms with E-state index in [4.69, 9.17) is 14.2 Å². The molecular formula is C21H31N5O2. The third-order valence-corrected chi connectivity index (χ3v) is 6.17. The van der Waals surface area contributed by atoms with Crippen molar-refractivity contribution in [2.75, 3.05) is 25.1 Å². The van der Waals surface area contributed by atoms with E-state index < -0.39 is 0 Å². The van der Waals surface area contributed by atoms with Crippen LogP contribution in [0.5, 0.6) is 0 Å². The monoisotopic (exact) mass is 385 g/mol. The first-order valence-electron chi connectivity index (χ1n) is 10.4. The van der Waals surface area contributed by atoms with Gasteiger partial charge in [-0.25, -0.2) is 4.98 Å². The molecule has 4 rings (SSSR count). The van der Waals surface area contributed by atoms with Crippen LogP contribution in [0.1, 0.15) is 49.2 Å². The third-order valence-electron chi connectivity index (χ3n) is 6.17. The maximum absolute atomic E-state index is 5.89. The van der Waals surface area contributed by atoms with Crippen LogP contribution in [0, 0.1) is 20.8 Å². The molecule has 7 nitrogen and oxygen atoms in total. The van der Waals surface area contributed by atoms with E-state index in [0.717, 1.165) is 42.1 Å². The number of nitrogens with zero attached hydrogens (tertiary/aromatic N) is 4. The van der Waals surface area contributed by atoms with Crippen molar-refractivity contribution in [1.82, 2.24) is 20.4 Å². The van der Waals surface area contributed by atoms with Gasteiger partial charge in [-0.15, -0.1) is 0 Å². The molecule has 0 bridgehead atoms. The number of hydrogen-bond acceptors (Lipinski definition) is 7. The molecule has 152 valence electrons. The van der Waals surface area contributed by atoms with E-state index in [1.807, 2.05) is 21.0 Å². The highest BCUT2D eigenvalue weighted by molar-refractivity contribution is 5.71. The zero-order chi connectivity index (χ0) is 19.7. The Morgan fingerprint density at radius 3 is 2.61 bits per heavy atom. The van der Waals surface area contributed by atoms with Crippen LogP contribution in [-0.4, -0.2) is 53.5 Å². The van der Waals surface area contributed by atoms with Crippen molar-refractivity contribution in [2.24, 2.45) is 0 Å². The van der Waals surface area contributed by atoms with Crippen molar-refractivity contribution in [3.05, 3.63) is 23.1 Å². The summed E-state index contributed by atoms with van der Waals surface area (Å²) in [5.41, 5.74) is 3.05. The zero-order valence-electron chi connectivity index (χ0n) is 17.4. The number of piperidine rings is 1. The molecule has 2 atom stereocenters. The van der Waals surface area contributed by atoms with Crippen LogP contribution in [0.25, 0.3) is 11.5 Å². The SMILES string of the molecule is CO[C@@H]1CN(c2nc(C)c(C)cc2-c2nc(C)no2)CCC1NC1CCCC1. The number of nitrogens with one attached hydrogen (secondary N) is 1. The van der Waals surface area contributed by atoms with Crippen molar-refractivity contribution in [3.8, 4) is 11.5 Å². The summed E-state index contributed by atoms with van der Waals surface area (Å²) in [4.78, 5) is 11.7. The molecule has 2 aromatic heterocycles. The van der Waals surface area contributed by atoms with Crippen molar-refractivity contribution in [2.45, 2.75) is 71.1 Å². The van der Waals surface area contributed by atoms with Crippen LogP contribution < -0.4 is 10.2 Å². The summed E-state index contributed by atoms with van der Waals surface area (Å²) >= 11 is 0. The molecule has 1 aliphatic carbocycles. The van der Waals surface area contributed by atoms with Gasteiger partial charge >= 0.3 is 0 Å². The van der Waals surface area contributed by atoms with E-state index in [0.29, 0.717) is 23.8 Å². The number of ether oxygens (including phenoxy) is 1. The summed E-state index contributed by atoms with van der Waals surface area (Å²) in [5, 5.41) is 7.81. The average molecular weight is 386 g/mol. The quantitative estimate of drug-likeness (QED) is 0.847. The van der Waals surface area contributed by atoms with Crippen molar-refractivity contribution in [3.63, 3.8) is 0 Å². The minimum atomic E-state index is 0.134. The Morgan fingerprint density at radius 2 is 1.93 bits per heavy atom. The van der Waals surface area contributed by atoms with Gasteiger partial charge in [-0.3, -0.25) is 0 Å². The Labute approximate surface area is 166 Å². The molecule has 0 aromatic carbocycles. The second-order valence-corrected chi connectivity index (χ2v) is 8.17. The highest BCUT2D eigenvalue weighted by Crippen LogP contribution is 2.32. The number of aryl methyl sites for hydroxylation is 3. The smallest absolute Gasteiger partial charge is 0.261 e. The molecule has 2 aliphatic rings. The molecule has 7 heteroatoms. The van der Waals surface area contributed by atoms with E-state index in [2.05, 4.69) is 33.3 Å². The second-order valence-electron chi connectivity index (χ2n) is 8.17. The third kappa shape index (κ3) is 3.91. The number of pyridine rings is 1. The number of methoxy groups -OCH3 is 1. The van der Waals surface area contributed by atoms with Crippen LogP contribution in [0.3, 0.4) is 0 Å². The Balaban J connectivity index is 1.58. The summed E-state index contributed by atoms with van der Waals surface area (Å²) in [7, 11) is 1.81. The maximum atomic E-state index is 5.89. The first kappa shape index (κ1) is 19.3. The average Bonchev–Trinajstić information content (AvgIpc) is 3.35. The fourth-order valence-electron chi connectivity index (χ4n) is 4.43. The lowest BCUT2D eigenvalue weighted by molar-refractivity contribution is 0.0558. The second kappa shape index (κ2) is 8.17. The van der Waals surface area contributed by atoms with Gasteiger partial charge in [0.1, 0.15) is 5.82 Å². The fraction of sp³-hybridized carbons (Fsp3) is 0.667. The van der Waals surface area contributed by atoms with Gasteiger partial charge in [0.15, 0.2) is 5.82 Å². The summed E-state index contributed by atoms with van der Waals surface area (Å²) < 4.78 is 11.4. The first-order chi connectivity index (χ1) is 13.5. The predicted molar refractivity (Wildman–Crippen MR) is 109 cm³/mol. The van der Waals surface area contributed by atoms with Crippen LogP contribution in [0.4, 0.5) is 5.82 Å². The lowest BCUT2D eigenvalue weighted by atomic mass is 9.99. The summed E-state index contributed by atoms with van der Waals surface area (Å²) in [6.07, 6.45) is 6.43. The highest BCUT2D eigenvalue weighted by atomic mass is 16.5. The number of rotatable bonds is 5. The summed E-state index contributed by atoms with van der Waals surface area (Å²) in [6, 6.07) is 3.14. The van der Waals surface area contributed by atoms with E-state index in [1.165, 1.54) is 25.7 Å². The number of hydrogen-bond donors (Lipinski definition) is 1. The summed E-state index contributed by atoms with van der Waals surface area (Å²) in [5.74, 6) is 2.07. The highest BCUT2D eigenvalue weighted by Gasteiger charge is 2.33. The Morgan fingerprint density at radius 1 is 1.14 bits per heavy atom. The molecule has 0 radical (unpaired) electrons. The molecule has 2 aromatic rings. The van der Waals surface area contributed by atoms with Gasteiger partial charge in [-0.1, -0.05) is 18.0 Å². The van der Waals surface area contributed by atoms with Gasteiger partial charge < -0.3 is 19.5 Å². The molecule has 1 saturated heterocycles. The molecular weight excluding hydrogens is 354 g/mol. The molecule has 0 spiro atoms. The molecule has 3 heterocycles. The largest absolute Gasteiger partial charge is 0.378 e. The lowest BCUT2D eigenvalue weighted by Crippen LogP contribution is -2.55. The Kier molecular flexibility index (Phi) is 5.64. The molecule has 1 aliphatic heterocycles. The van der Waals surface area contributed by atoms with Crippen molar-refractivity contribution < 1.29 is 9.26 Å². The van der Waals surface area contributed by atoms with E-state index in [9.17, 15) is 0 Å². The lowest BCUT2D eigenvalue weighted by Gasteiger charge is -2.40. The normalized spacial score (nSPS) is 23.5. The van der Waals surface area contributed by atoms with Gasteiger partial charge in [-0.05, 0) is 51.7 Å². The van der Waals surface area contributed by atoms with Crippen molar-refractivity contribution in [1.29, 1.82) is 0 Å². The van der Waals surface area contributed by atoms with Gasteiger partial charge in [0, 0.05) is 38.0 Å². The zero-order valence-corrected chi connectivity index (χ0v) is 17.4. The summed E-state index contributed by atoms with van der Waals surface area (Å²) in [6.45, 7) is 7.68. The minimum Gasteiger partial charge on any atom is -0.378 e. The molecule has 28 heavy (non-hydrogen) atoms. The maximum Gasteiger partial charge on any atom is 0.261 e. The van der Waals surface area contributed by atoms with E-state index >= 15 is 0 Å². The predicted octanol–water partition coefficient (Wildman–Crippen LogP) is 3.18. The topological polar surface area (TPSA) is 76.3 Å². The standard InChI is InChI=1S/C21H31N5O2/c1-13-11-17(21-23-15(3)25-28-21)20(22-14(13)2)26-10-9-18(19(12-26)27-4)24-16-7-5-6-8-16/h11,16,18-19,24H,5-10,12H2,1-4H3/t18?,19-/m1/s1. The van der Waals surface area contributed by atoms with Crippen LogP contribution in [0.15, 0.2) is 10.6 Å². The van der Waals surface area contributed by atoms with Gasteiger partial charge in [-0.2, -0.15) is 4.98 Å². The van der Waals surface area contributed by atoms with Gasteiger partial charge in [0.2, 0.25) is 0 Å². The Hall–Kier alpha value is -1.99. The molecule has 2 fully saturated rings. The minimum absolute atomic E-state index is 0.134. The van der Waals surface area contributed by atoms with Crippen molar-refractivity contribution >= 4 is 5.82 Å². The van der Waals surface area contributed by atoms with E-state index in [1.54, 1.807) is 0 Å². The van der Waals surface area contributed by atoms with E-state index in [-0.39, 0.29) is 6.10 Å². The van der Waals surface area contributed by atoms with Crippen LogP contribution >= 0.6 is 0 Å². The Bertz CT molecular complexity index is 815. The van der Waals surface area contributed by atoms with Gasteiger partial charge in [0.05, 0.1) is 11.7 Å². The molecule has 1 saturated carbocycles. The number of aromatic nitrogens is 3. The molecule has 0 amide bonds. The van der Waals surface area contributed by atoms with Crippen LogP contribution in [-0.2, 0) is 4.74 Å². The van der Waals surface area contributed by atoms with Gasteiger partial charge in [0.25, 0.3) is 5.89 Å². The first-order valence-corrected chi connectivity index (χ1v) is 10.4. The fourth-order valence-corrected chi connectivity index (χ4v) is 4.43. The number of anilines is 1.